The van der Waals surface area contributed by atoms with E-state index >= 15 is 0 Å². The molecule has 0 aromatic carbocycles. The van der Waals surface area contributed by atoms with E-state index in [4.69, 9.17) is 15.2 Å². The third-order valence-electron chi connectivity index (χ3n) is 8.18. The average Bonchev–Trinajstić information content (AvgIpc) is 2.92. The molecule has 2 aliphatic rings. The SMILES string of the molecule is C=C/C(=c1/c(N[C@H]2CCNCC2(C)C)nc(-c2ccnc(Nc3ncc(C#N)cc3C)c2)n/c1=C/C)C1CCC1. The number of allylic oxidation sites excluding steroid dienone is 1. The number of nitrogens with zero attached hydrogens (tertiary/aromatic N) is 5. The lowest BCUT2D eigenvalue weighted by Crippen LogP contribution is -2.51. The summed E-state index contributed by atoms with van der Waals surface area (Å²) < 4.78 is 0. The van der Waals surface area contributed by atoms with Crippen LogP contribution in [0, 0.1) is 29.6 Å². The zero-order valence-electron chi connectivity index (χ0n) is 23.9. The maximum absolute atomic E-state index is 9.17. The summed E-state index contributed by atoms with van der Waals surface area (Å²) >= 11 is 0. The van der Waals surface area contributed by atoms with Gasteiger partial charge in [-0.15, -0.1) is 0 Å². The van der Waals surface area contributed by atoms with E-state index in [9.17, 15) is 0 Å². The number of nitrogens with one attached hydrogen (secondary N) is 3. The number of hydrogen-bond donors (Lipinski definition) is 3. The zero-order chi connectivity index (χ0) is 28.3. The largest absolute Gasteiger partial charge is 0.366 e. The predicted octanol–water partition coefficient (Wildman–Crippen LogP) is 4.59. The van der Waals surface area contributed by atoms with Gasteiger partial charge in [0.25, 0.3) is 0 Å². The molecule has 40 heavy (non-hydrogen) atoms. The molecular formula is C32H38N8. The van der Waals surface area contributed by atoms with Gasteiger partial charge in [0.1, 0.15) is 23.5 Å². The van der Waals surface area contributed by atoms with E-state index in [0.717, 1.165) is 47.0 Å². The van der Waals surface area contributed by atoms with Gasteiger partial charge in [0.15, 0.2) is 5.82 Å². The van der Waals surface area contributed by atoms with Gasteiger partial charge in [0.05, 0.1) is 10.9 Å². The number of aryl methyl sites for hydroxylation is 1. The molecule has 0 bridgehead atoms. The van der Waals surface area contributed by atoms with Crippen molar-refractivity contribution in [3.63, 3.8) is 0 Å². The number of hydrogen-bond acceptors (Lipinski definition) is 8. The van der Waals surface area contributed by atoms with E-state index < -0.39 is 0 Å². The number of aromatic nitrogens is 4. The molecule has 1 atom stereocenters. The smallest absolute Gasteiger partial charge is 0.162 e. The summed E-state index contributed by atoms with van der Waals surface area (Å²) in [7, 11) is 0. The summed E-state index contributed by atoms with van der Waals surface area (Å²) in [4.78, 5) is 19.1. The van der Waals surface area contributed by atoms with Crippen LogP contribution < -0.4 is 26.5 Å². The van der Waals surface area contributed by atoms with Gasteiger partial charge >= 0.3 is 0 Å². The average molecular weight is 535 g/mol. The maximum atomic E-state index is 9.17. The lowest BCUT2D eigenvalue weighted by atomic mass is 9.78. The van der Waals surface area contributed by atoms with Gasteiger partial charge < -0.3 is 16.0 Å². The molecule has 3 N–H and O–H groups in total. The van der Waals surface area contributed by atoms with Crippen LogP contribution in [0.4, 0.5) is 17.5 Å². The van der Waals surface area contributed by atoms with E-state index in [1.807, 2.05) is 32.1 Å². The monoisotopic (exact) mass is 534 g/mol. The molecule has 4 heterocycles. The van der Waals surface area contributed by atoms with Gasteiger partial charge in [0, 0.05) is 35.8 Å². The second kappa shape index (κ2) is 11.6. The predicted molar refractivity (Wildman–Crippen MR) is 161 cm³/mol. The molecule has 0 radical (unpaired) electrons. The minimum Gasteiger partial charge on any atom is -0.366 e. The molecule has 3 aromatic rings. The summed E-state index contributed by atoms with van der Waals surface area (Å²) in [6, 6.07) is 8.08. The molecular weight excluding hydrogens is 496 g/mol. The minimum absolute atomic E-state index is 0.0707. The fourth-order valence-electron chi connectivity index (χ4n) is 5.53. The van der Waals surface area contributed by atoms with Crippen molar-refractivity contribution in [1.29, 1.82) is 5.26 Å². The van der Waals surface area contributed by atoms with Crippen LogP contribution in [0.2, 0.25) is 0 Å². The highest BCUT2D eigenvalue weighted by molar-refractivity contribution is 5.68. The first-order chi connectivity index (χ1) is 19.3. The van der Waals surface area contributed by atoms with Gasteiger partial charge in [-0.2, -0.15) is 5.26 Å². The Balaban J connectivity index is 1.60. The van der Waals surface area contributed by atoms with Crippen molar-refractivity contribution in [2.45, 2.75) is 59.4 Å². The number of anilines is 3. The van der Waals surface area contributed by atoms with Crippen molar-refractivity contribution >= 4 is 29.1 Å². The standard InChI is InChI=1S/C32H38N8/c1-6-24(22-9-8-10-22)28-25(7-2)37-30(40-31(28)38-26-12-13-34-19-32(26,4)5)23-11-14-35-27(16-23)39-29-20(3)15-21(17-33)18-36-29/h6-7,11,14-16,18,22,26,34H,1,8-10,12-13,19H2,2-5H3,(H,35,36,39)(H,37,38,40)/b25-7+,28-24-/t26-/m0/s1. The summed E-state index contributed by atoms with van der Waals surface area (Å²) in [5, 5.41) is 21.8. The molecule has 8 heteroatoms. The van der Waals surface area contributed by atoms with E-state index in [0.29, 0.717) is 28.9 Å². The second-order valence-electron chi connectivity index (χ2n) is 11.4. The van der Waals surface area contributed by atoms with Crippen LogP contribution in [0.25, 0.3) is 23.0 Å². The molecule has 206 valence electrons. The molecule has 1 saturated heterocycles. The van der Waals surface area contributed by atoms with Crippen LogP contribution >= 0.6 is 0 Å². The molecule has 3 aromatic heterocycles. The Hall–Kier alpha value is -4.09. The Labute approximate surface area is 236 Å². The summed E-state index contributed by atoms with van der Waals surface area (Å²) in [5.74, 6) is 3.29. The highest BCUT2D eigenvalue weighted by atomic mass is 15.1. The normalized spacial score (nSPS) is 19.8. The quantitative estimate of drug-likeness (QED) is 0.404. The summed E-state index contributed by atoms with van der Waals surface area (Å²) in [5.41, 5.74) is 3.56. The third kappa shape index (κ3) is 5.61. The van der Waals surface area contributed by atoms with Crippen molar-refractivity contribution < 1.29 is 0 Å². The molecule has 1 aliphatic heterocycles. The Morgan fingerprint density at radius 3 is 2.65 bits per heavy atom. The van der Waals surface area contributed by atoms with Crippen molar-refractivity contribution in [3.8, 4) is 17.5 Å². The Morgan fingerprint density at radius 2 is 2.00 bits per heavy atom. The lowest BCUT2D eigenvalue weighted by molar-refractivity contribution is 0.236. The van der Waals surface area contributed by atoms with Crippen molar-refractivity contribution in [1.82, 2.24) is 25.3 Å². The number of nitriles is 1. The van der Waals surface area contributed by atoms with E-state index in [1.54, 1.807) is 18.5 Å². The Bertz CT molecular complexity index is 1580. The topological polar surface area (TPSA) is 111 Å². The highest BCUT2D eigenvalue weighted by Crippen LogP contribution is 2.34. The number of pyridine rings is 2. The first-order valence-electron chi connectivity index (χ1n) is 14.1. The molecule has 1 saturated carbocycles. The number of piperidine rings is 1. The van der Waals surface area contributed by atoms with E-state index in [2.05, 4.69) is 58.5 Å². The molecule has 1 aliphatic carbocycles. The van der Waals surface area contributed by atoms with Crippen molar-refractivity contribution in [2.75, 3.05) is 23.7 Å². The van der Waals surface area contributed by atoms with Crippen LogP contribution in [-0.4, -0.2) is 39.1 Å². The van der Waals surface area contributed by atoms with Crippen molar-refractivity contribution in [2.24, 2.45) is 11.3 Å². The van der Waals surface area contributed by atoms with Gasteiger partial charge in [0.2, 0.25) is 0 Å². The second-order valence-corrected chi connectivity index (χ2v) is 11.4. The molecule has 8 nitrogen and oxygen atoms in total. The fourth-order valence-corrected chi connectivity index (χ4v) is 5.53. The van der Waals surface area contributed by atoms with Crippen molar-refractivity contribution in [3.05, 3.63) is 64.9 Å². The summed E-state index contributed by atoms with van der Waals surface area (Å²) in [6.07, 6.45) is 12.0. The first-order valence-corrected chi connectivity index (χ1v) is 14.1. The minimum atomic E-state index is 0.0707. The molecule has 5 rings (SSSR count). The van der Waals surface area contributed by atoms with Crippen LogP contribution in [-0.2, 0) is 0 Å². The fraction of sp³-hybridized carbons (Fsp3) is 0.406. The zero-order valence-corrected chi connectivity index (χ0v) is 23.9. The Morgan fingerprint density at radius 1 is 1.18 bits per heavy atom. The third-order valence-corrected chi connectivity index (χ3v) is 8.18. The van der Waals surface area contributed by atoms with Crippen LogP contribution in [0.15, 0.2) is 43.2 Å². The van der Waals surface area contributed by atoms with Gasteiger partial charge in [-0.05, 0) is 80.3 Å². The first kappa shape index (κ1) is 27.5. The molecule has 0 amide bonds. The lowest BCUT2D eigenvalue weighted by Gasteiger charge is -2.40. The molecule has 0 unspecified atom stereocenters. The van der Waals surface area contributed by atoms with E-state index in [1.165, 1.54) is 24.8 Å². The van der Waals surface area contributed by atoms with Gasteiger partial charge in [-0.1, -0.05) is 39.0 Å². The maximum Gasteiger partial charge on any atom is 0.162 e. The number of rotatable bonds is 7. The highest BCUT2D eigenvalue weighted by Gasteiger charge is 2.33. The van der Waals surface area contributed by atoms with E-state index in [-0.39, 0.29) is 11.5 Å². The Kier molecular flexibility index (Phi) is 7.95. The van der Waals surface area contributed by atoms with Crippen LogP contribution in [0.3, 0.4) is 0 Å². The molecule has 0 spiro atoms. The van der Waals surface area contributed by atoms with Crippen LogP contribution in [0.1, 0.15) is 57.6 Å². The van der Waals surface area contributed by atoms with Crippen LogP contribution in [0.5, 0.6) is 0 Å². The molecule has 2 fully saturated rings. The summed E-state index contributed by atoms with van der Waals surface area (Å²) in [6.45, 7) is 14.7. The van der Waals surface area contributed by atoms with Gasteiger partial charge in [-0.25, -0.2) is 19.9 Å². The van der Waals surface area contributed by atoms with Gasteiger partial charge in [-0.3, -0.25) is 0 Å².